The zero-order valence-electron chi connectivity index (χ0n) is 40.8. The van der Waals surface area contributed by atoms with Crippen molar-refractivity contribution in [2.24, 2.45) is 0 Å². The lowest BCUT2D eigenvalue weighted by molar-refractivity contribution is 1.28. The quantitative estimate of drug-likeness (QED) is 0.126. The van der Waals surface area contributed by atoms with E-state index in [-0.39, 0.29) is 0 Å². The molecule has 0 unspecified atom stereocenters. The first-order chi connectivity index (χ1) is 36.1. The second kappa shape index (κ2) is 19.0. The van der Waals surface area contributed by atoms with Crippen molar-refractivity contribution in [3.05, 3.63) is 253 Å². The highest BCUT2D eigenvalue weighted by molar-refractivity contribution is 7.19. The van der Waals surface area contributed by atoms with Crippen molar-refractivity contribution >= 4 is 77.9 Å². The fraction of sp³-hybridized carbons (Fsp3) is 0.0423. The highest BCUT2D eigenvalue weighted by Crippen LogP contribution is 2.49. The van der Waals surface area contributed by atoms with E-state index in [1.807, 2.05) is 22.7 Å². The minimum absolute atomic E-state index is 0.983. The molecule has 0 aliphatic rings. The molecule has 0 aliphatic heterocycles. The van der Waals surface area contributed by atoms with Crippen LogP contribution in [0.5, 0.6) is 0 Å². The maximum atomic E-state index is 2.50. The first-order valence-corrected chi connectivity index (χ1v) is 27.0. The van der Waals surface area contributed by atoms with Crippen molar-refractivity contribution in [1.29, 1.82) is 0 Å². The molecule has 0 saturated carbocycles. The van der Waals surface area contributed by atoms with E-state index >= 15 is 0 Å². The number of hydrogen-bond donors (Lipinski definition) is 0. The minimum atomic E-state index is 0.983. The predicted molar refractivity (Wildman–Crippen MR) is 320 cm³/mol. The van der Waals surface area contributed by atoms with Gasteiger partial charge in [0.25, 0.3) is 0 Å². The second-order valence-corrected chi connectivity index (χ2v) is 21.0. The van der Waals surface area contributed by atoms with Gasteiger partial charge in [-0.3, -0.25) is 0 Å². The summed E-state index contributed by atoms with van der Waals surface area (Å²) in [6.07, 6.45) is 5.55. The van der Waals surface area contributed by atoms with E-state index in [2.05, 4.69) is 269 Å². The molecular formula is C71H50S2. The average molecular weight is 967 g/mol. The van der Waals surface area contributed by atoms with Crippen LogP contribution in [0.25, 0.3) is 142 Å². The predicted octanol–water partition coefficient (Wildman–Crippen LogP) is 19.7. The van der Waals surface area contributed by atoms with Crippen LogP contribution in [0, 0.1) is 0 Å². The van der Waals surface area contributed by atoms with Crippen LogP contribution < -0.4 is 10.4 Å². The van der Waals surface area contributed by atoms with Gasteiger partial charge in [-0.15, -0.1) is 22.7 Å². The summed E-state index contributed by atoms with van der Waals surface area (Å²) in [5.41, 5.74) is 14.9. The van der Waals surface area contributed by atoms with Crippen molar-refractivity contribution in [2.75, 3.05) is 0 Å². The van der Waals surface area contributed by atoms with Crippen LogP contribution >= 0.6 is 22.7 Å². The molecule has 0 spiro atoms. The molecule has 0 aliphatic carbocycles. The van der Waals surface area contributed by atoms with E-state index in [1.54, 1.807) is 0 Å². The van der Waals surface area contributed by atoms with Crippen molar-refractivity contribution in [3.63, 3.8) is 0 Å². The van der Waals surface area contributed by atoms with E-state index in [9.17, 15) is 0 Å². The van der Waals surface area contributed by atoms with Gasteiger partial charge >= 0.3 is 0 Å². The Kier molecular flexibility index (Phi) is 11.6. The van der Waals surface area contributed by atoms with Crippen LogP contribution in [-0.4, -0.2) is 0 Å². The molecule has 2 heteroatoms. The minimum Gasteiger partial charge on any atom is -0.135 e. The lowest BCUT2D eigenvalue weighted by Crippen LogP contribution is -2.23. The van der Waals surface area contributed by atoms with Gasteiger partial charge in [-0.2, -0.15) is 0 Å². The Hall–Kier alpha value is -8.40. The number of hydrogen-bond acceptors (Lipinski definition) is 2. The summed E-state index contributed by atoms with van der Waals surface area (Å²) in [5, 5.41) is 12.5. The Morgan fingerprint density at radius 3 is 1.00 bits per heavy atom. The normalized spacial score (nSPS) is 12.2. The summed E-state index contributed by atoms with van der Waals surface area (Å²) in [6.45, 7) is 4.35. The molecule has 2 aromatic heterocycles. The zero-order valence-corrected chi connectivity index (χ0v) is 42.4. The molecule has 2 heterocycles. The average Bonchev–Trinajstić information content (AvgIpc) is 4.17. The molecule has 0 N–H and O–H groups in total. The van der Waals surface area contributed by atoms with Gasteiger partial charge in [-0.1, -0.05) is 225 Å². The third-order valence-corrected chi connectivity index (χ3v) is 17.0. The molecular weight excluding hydrogens is 917 g/mol. The molecule has 0 amide bonds. The van der Waals surface area contributed by atoms with Gasteiger partial charge < -0.3 is 0 Å². The van der Waals surface area contributed by atoms with Crippen LogP contribution in [0.1, 0.15) is 20.3 Å². The van der Waals surface area contributed by atoms with Crippen molar-refractivity contribution in [1.82, 2.24) is 0 Å². The molecule has 11 aromatic carbocycles. The lowest BCUT2D eigenvalue weighted by atomic mass is 9.82. The molecule has 0 saturated heterocycles. The Balaban J connectivity index is 1.02. The van der Waals surface area contributed by atoms with E-state index in [0.717, 1.165) is 6.42 Å². The highest BCUT2D eigenvalue weighted by atomic mass is 32.1. The SMILES string of the molecule is C/C=c1/ccc(-c2c3ccccc3c(-c3ccc4c(-c5ccc(-c6ccc(-c7ccccc7)s6)cc5)c5ccccc5c(-c5ccc(-c6ccc(-c7ccccc7)s6)cc5)c4c3)c3ccccc23)c/c1=C/CC. The molecule has 73 heavy (non-hydrogen) atoms. The number of thiophene rings is 2. The molecule has 0 atom stereocenters. The van der Waals surface area contributed by atoms with E-state index in [4.69, 9.17) is 0 Å². The molecule has 13 rings (SSSR count). The smallest absolute Gasteiger partial charge is 0.0349 e. The summed E-state index contributed by atoms with van der Waals surface area (Å²) in [5.74, 6) is 0. The fourth-order valence-electron chi connectivity index (χ4n) is 11.2. The first kappa shape index (κ1) is 44.5. The van der Waals surface area contributed by atoms with Gasteiger partial charge in [0, 0.05) is 19.5 Å². The molecule has 346 valence electrons. The second-order valence-electron chi connectivity index (χ2n) is 18.9. The van der Waals surface area contributed by atoms with Crippen LogP contribution in [0.2, 0.25) is 0 Å². The van der Waals surface area contributed by atoms with E-state index < -0.39 is 0 Å². The first-order valence-electron chi connectivity index (χ1n) is 25.3. The third-order valence-electron chi connectivity index (χ3n) is 14.6. The largest absolute Gasteiger partial charge is 0.135 e. The third kappa shape index (κ3) is 8.01. The summed E-state index contributed by atoms with van der Waals surface area (Å²) < 4.78 is 0. The zero-order chi connectivity index (χ0) is 48.8. The van der Waals surface area contributed by atoms with Gasteiger partial charge in [0.2, 0.25) is 0 Å². The highest BCUT2D eigenvalue weighted by Gasteiger charge is 2.21. The Labute approximate surface area is 434 Å². The van der Waals surface area contributed by atoms with Crippen LogP contribution in [0.4, 0.5) is 0 Å². The van der Waals surface area contributed by atoms with Crippen LogP contribution in [0.3, 0.4) is 0 Å². The molecule has 0 nitrogen and oxygen atoms in total. The number of benzene rings is 11. The van der Waals surface area contributed by atoms with E-state index in [1.165, 1.54) is 140 Å². The van der Waals surface area contributed by atoms with Crippen molar-refractivity contribution in [2.45, 2.75) is 20.3 Å². The van der Waals surface area contributed by atoms with Crippen molar-refractivity contribution < 1.29 is 0 Å². The summed E-state index contributed by atoms with van der Waals surface area (Å²) in [4.78, 5) is 5.09. The molecule has 0 radical (unpaired) electrons. The summed E-state index contributed by atoms with van der Waals surface area (Å²) in [6, 6.07) is 90.4. The van der Waals surface area contributed by atoms with Crippen LogP contribution in [0.15, 0.2) is 243 Å². The van der Waals surface area contributed by atoms with Gasteiger partial charge in [0.15, 0.2) is 0 Å². The van der Waals surface area contributed by atoms with Gasteiger partial charge in [0.1, 0.15) is 0 Å². The molecule has 0 bridgehead atoms. The van der Waals surface area contributed by atoms with Crippen LogP contribution in [-0.2, 0) is 0 Å². The standard InChI is InChI=1S/C71H50S2/c1-3-17-53-44-54(37-28-46(53)4-2)70-58-24-13-15-26-60(58)71(61-27-16-14-25-59(61)70)55-38-39-62-63(45-55)69(52-35-31-50(32-36-52)67-43-41-65(73-67)48-20-9-6-10-21-48)57-23-12-11-22-56(57)68(62)51-33-29-49(30-34-51)66-42-40-64(72-66)47-18-7-5-8-19-47/h4-45H,3H2,1-2H3/b46-4-,53-17-. The Morgan fingerprint density at radius 1 is 0.274 bits per heavy atom. The summed E-state index contributed by atoms with van der Waals surface area (Å²) in [7, 11) is 0. The summed E-state index contributed by atoms with van der Waals surface area (Å²) >= 11 is 3.69. The number of rotatable bonds is 9. The molecule has 0 fully saturated rings. The van der Waals surface area contributed by atoms with Crippen molar-refractivity contribution in [3.8, 4) is 86.3 Å². The maximum absolute atomic E-state index is 2.50. The molecule has 13 aromatic rings. The van der Waals surface area contributed by atoms with Gasteiger partial charge in [-0.25, -0.2) is 0 Å². The fourth-order valence-corrected chi connectivity index (χ4v) is 13.2. The van der Waals surface area contributed by atoms with Gasteiger partial charge in [-0.05, 0) is 170 Å². The Bertz CT molecular complexity index is 4270. The monoisotopic (exact) mass is 966 g/mol. The topological polar surface area (TPSA) is 0 Å². The van der Waals surface area contributed by atoms with Gasteiger partial charge in [0.05, 0.1) is 0 Å². The Morgan fingerprint density at radius 2 is 0.589 bits per heavy atom. The lowest BCUT2D eigenvalue weighted by Gasteiger charge is -2.21. The van der Waals surface area contributed by atoms with E-state index in [0.29, 0.717) is 0 Å². The number of fused-ring (bicyclic) bond motifs is 4. The maximum Gasteiger partial charge on any atom is 0.0349 e.